The van der Waals surface area contributed by atoms with Crippen molar-refractivity contribution in [3.63, 3.8) is 0 Å². The fraction of sp³-hybridized carbons (Fsp3) is 1.00. The predicted molar refractivity (Wildman–Crippen MR) is 140 cm³/mol. The molecule has 0 aliphatic rings. The first-order valence-corrected chi connectivity index (χ1v) is 13.9. The Kier molecular flexibility index (Phi) is 30.5. The third-order valence-corrected chi connectivity index (χ3v) is 5.44. The predicted octanol–water partition coefficient (Wildman–Crippen LogP) is 4.96. The fourth-order valence-corrected chi connectivity index (χ4v) is 3.32. The van der Waals surface area contributed by atoms with Crippen LogP contribution in [0, 0.1) is 0 Å². The van der Waals surface area contributed by atoms with Gasteiger partial charge in [0.05, 0.1) is 72.7 Å². The van der Waals surface area contributed by atoms with E-state index < -0.39 is 0 Å². The number of hydrogen-bond donors (Lipinski definition) is 0. The minimum atomic E-state index is 0.574. The number of likely N-dealkylation sites (N-methyl/N-ethyl adjacent to an activating group) is 1. The minimum absolute atomic E-state index is 0.574. The third-order valence-electron chi connectivity index (χ3n) is 5.44. The van der Waals surface area contributed by atoms with Gasteiger partial charge in [0.25, 0.3) is 0 Å². The van der Waals surface area contributed by atoms with Gasteiger partial charge in [0.1, 0.15) is 0 Å². The summed E-state index contributed by atoms with van der Waals surface area (Å²) in [5, 5.41) is 0. The molecule has 0 amide bonds. The standard InChI is InChI=1S/C27H57NO6/c1-4-5-6-7-8-9-10-11-12-13-14-16-29-18-20-31-22-24-33-26-27-34-25-23-32-21-19-30-17-15-28(2)3/h4-27H2,1-3H3. The molecule has 0 rings (SSSR count). The van der Waals surface area contributed by atoms with E-state index in [2.05, 4.69) is 11.8 Å². The topological polar surface area (TPSA) is 58.6 Å². The maximum atomic E-state index is 5.64. The molecule has 0 unspecified atom stereocenters. The SMILES string of the molecule is CCCCCCCCCCCCCOCCOCCOCCOCCOCCOCCN(C)C. The van der Waals surface area contributed by atoms with Crippen LogP contribution in [0.4, 0.5) is 0 Å². The first-order chi connectivity index (χ1) is 16.8. The average molecular weight is 492 g/mol. The van der Waals surface area contributed by atoms with Crippen molar-refractivity contribution < 1.29 is 28.4 Å². The van der Waals surface area contributed by atoms with E-state index in [0.29, 0.717) is 66.1 Å². The van der Waals surface area contributed by atoms with Gasteiger partial charge in [-0.25, -0.2) is 0 Å². The molecular weight excluding hydrogens is 434 g/mol. The van der Waals surface area contributed by atoms with E-state index in [1.165, 1.54) is 64.2 Å². The molecule has 0 fully saturated rings. The van der Waals surface area contributed by atoms with Crippen LogP contribution in [0.2, 0.25) is 0 Å². The van der Waals surface area contributed by atoms with Gasteiger partial charge in [-0.3, -0.25) is 0 Å². The van der Waals surface area contributed by atoms with Crippen molar-refractivity contribution in [2.24, 2.45) is 0 Å². The molecular formula is C27H57NO6. The number of ether oxygens (including phenoxy) is 6. The molecule has 34 heavy (non-hydrogen) atoms. The van der Waals surface area contributed by atoms with Crippen molar-refractivity contribution in [2.45, 2.75) is 77.6 Å². The molecule has 0 radical (unpaired) electrons. The van der Waals surface area contributed by atoms with Crippen LogP contribution < -0.4 is 0 Å². The first-order valence-electron chi connectivity index (χ1n) is 13.9. The zero-order chi connectivity index (χ0) is 24.8. The second kappa shape index (κ2) is 30.8. The lowest BCUT2D eigenvalue weighted by Crippen LogP contribution is -2.19. The quantitative estimate of drug-likeness (QED) is 0.132. The molecule has 0 saturated heterocycles. The van der Waals surface area contributed by atoms with E-state index in [-0.39, 0.29) is 0 Å². The van der Waals surface area contributed by atoms with Crippen LogP contribution >= 0.6 is 0 Å². The maximum absolute atomic E-state index is 5.64. The van der Waals surface area contributed by atoms with E-state index >= 15 is 0 Å². The normalized spacial score (nSPS) is 11.6. The first kappa shape index (κ1) is 33.7. The van der Waals surface area contributed by atoms with E-state index in [9.17, 15) is 0 Å². The lowest BCUT2D eigenvalue weighted by molar-refractivity contribution is -0.0172. The second-order valence-corrected chi connectivity index (χ2v) is 9.01. The highest BCUT2D eigenvalue weighted by molar-refractivity contribution is 4.48. The molecule has 0 aromatic rings. The van der Waals surface area contributed by atoms with Gasteiger partial charge in [0, 0.05) is 13.2 Å². The van der Waals surface area contributed by atoms with Gasteiger partial charge in [-0.05, 0) is 20.5 Å². The summed E-state index contributed by atoms with van der Waals surface area (Å²) in [7, 11) is 4.06. The Balaban J connectivity index is 3.00. The number of hydrogen-bond acceptors (Lipinski definition) is 7. The Morgan fingerprint density at radius 1 is 0.353 bits per heavy atom. The summed E-state index contributed by atoms with van der Waals surface area (Å²) in [4.78, 5) is 2.10. The van der Waals surface area contributed by atoms with Crippen molar-refractivity contribution in [2.75, 3.05) is 99.9 Å². The minimum Gasteiger partial charge on any atom is -0.379 e. The van der Waals surface area contributed by atoms with Gasteiger partial charge in [0.15, 0.2) is 0 Å². The highest BCUT2D eigenvalue weighted by Crippen LogP contribution is 2.11. The molecule has 0 aliphatic heterocycles. The highest BCUT2D eigenvalue weighted by Gasteiger charge is 1.96. The molecule has 0 atom stereocenters. The smallest absolute Gasteiger partial charge is 0.0701 e. The second-order valence-electron chi connectivity index (χ2n) is 9.01. The molecule has 7 nitrogen and oxygen atoms in total. The summed E-state index contributed by atoms with van der Waals surface area (Å²) in [5.41, 5.74) is 0. The van der Waals surface area contributed by atoms with Crippen LogP contribution in [0.1, 0.15) is 77.6 Å². The van der Waals surface area contributed by atoms with Gasteiger partial charge in [-0.15, -0.1) is 0 Å². The summed E-state index contributed by atoms with van der Waals surface area (Å²) in [6.45, 7) is 10.8. The Bertz CT molecular complexity index is 360. The zero-order valence-corrected chi connectivity index (χ0v) is 22.9. The Hall–Kier alpha value is -0.280. The van der Waals surface area contributed by atoms with Crippen LogP contribution in [0.15, 0.2) is 0 Å². The van der Waals surface area contributed by atoms with Crippen LogP contribution in [0.25, 0.3) is 0 Å². The van der Waals surface area contributed by atoms with Crippen molar-refractivity contribution in [1.29, 1.82) is 0 Å². The molecule has 0 bridgehead atoms. The molecule has 7 heteroatoms. The summed E-state index contributed by atoms with van der Waals surface area (Å²) in [6, 6.07) is 0. The van der Waals surface area contributed by atoms with E-state index in [1.54, 1.807) is 0 Å². The van der Waals surface area contributed by atoms with Gasteiger partial charge in [-0.2, -0.15) is 0 Å². The van der Waals surface area contributed by atoms with Crippen molar-refractivity contribution in [3.05, 3.63) is 0 Å². The molecule has 0 saturated carbocycles. The summed E-state index contributed by atoms with van der Waals surface area (Å²) < 4.78 is 33.0. The molecule has 0 spiro atoms. The van der Waals surface area contributed by atoms with Crippen molar-refractivity contribution in [1.82, 2.24) is 4.90 Å². The van der Waals surface area contributed by atoms with Crippen LogP contribution in [0.3, 0.4) is 0 Å². The largest absolute Gasteiger partial charge is 0.379 e. The van der Waals surface area contributed by atoms with Crippen molar-refractivity contribution in [3.8, 4) is 0 Å². The van der Waals surface area contributed by atoms with E-state index in [0.717, 1.165) is 26.2 Å². The number of nitrogens with zero attached hydrogens (tertiary/aromatic N) is 1. The molecule has 0 heterocycles. The molecule has 0 aromatic heterocycles. The molecule has 206 valence electrons. The lowest BCUT2D eigenvalue weighted by Gasteiger charge is -2.10. The zero-order valence-electron chi connectivity index (χ0n) is 22.9. The van der Waals surface area contributed by atoms with Crippen LogP contribution in [-0.2, 0) is 28.4 Å². The molecule has 0 aromatic carbocycles. The fourth-order valence-electron chi connectivity index (χ4n) is 3.32. The van der Waals surface area contributed by atoms with Crippen LogP contribution in [-0.4, -0.2) is 105 Å². The van der Waals surface area contributed by atoms with Gasteiger partial charge in [-0.1, -0.05) is 71.1 Å². The monoisotopic (exact) mass is 491 g/mol. The average Bonchev–Trinajstić information content (AvgIpc) is 2.83. The lowest BCUT2D eigenvalue weighted by atomic mass is 10.1. The summed E-state index contributed by atoms with van der Waals surface area (Å²) in [6.07, 6.45) is 15.0. The molecule has 0 N–H and O–H groups in total. The number of unbranched alkanes of at least 4 members (excludes halogenated alkanes) is 10. The maximum Gasteiger partial charge on any atom is 0.0701 e. The number of rotatable bonds is 30. The Morgan fingerprint density at radius 3 is 1.00 bits per heavy atom. The highest BCUT2D eigenvalue weighted by atomic mass is 16.6. The molecule has 0 aliphatic carbocycles. The summed E-state index contributed by atoms with van der Waals surface area (Å²) >= 11 is 0. The van der Waals surface area contributed by atoms with Gasteiger partial charge in [0.2, 0.25) is 0 Å². The van der Waals surface area contributed by atoms with E-state index in [1.807, 2.05) is 14.1 Å². The van der Waals surface area contributed by atoms with Gasteiger partial charge < -0.3 is 33.3 Å². The Labute approximate surface area is 211 Å². The summed E-state index contributed by atoms with van der Waals surface area (Å²) in [5.74, 6) is 0. The van der Waals surface area contributed by atoms with Crippen molar-refractivity contribution >= 4 is 0 Å². The van der Waals surface area contributed by atoms with Crippen LogP contribution in [0.5, 0.6) is 0 Å². The third kappa shape index (κ3) is 31.7. The Morgan fingerprint density at radius 2 is 0.647 bits per heavy atom. The van der Waals surface area contributed by atoms with Gasteiger partial charge >= 0.3 is 0 Å². The van der Waals surface area contributed by atoms with E-state index in [4.69, 9.17) is 28.4 Å².